The predicted molar refractivity (Wildman–Crippen MR) is 86.9 cm³/mol. The van der Waals surface area contributed by atoms with Crippen molar-refractivity contribution in [2.75, 3.05) is 12.0 Å². The van der Waals surface area contributed by atoms with Crippen LogP contribution in [0, 0.1) is 17.0 Å². The smallest absolute Gasteiger partial charge is 0.321 e. The molecule has 0 heterocycles. The lowest BCUT2D eigenvalue weighted by Crippen LogP contribution is -2.32. The number of nitro benzene ring substituents is 1. The number of aryl methyl sites for hydroxylation is 1. The van der Waals surface area contributed by atoms with Crippen LogP contribution in [-0.4, -0.2) is 17.7 Å². The van der Waals surface area contributed by atoms with Crippen molar-refractivity contribution in [2.24, 2.45) is 0 Å². The Morgan fingerprint density at radius 2 is 1.96 bits per heavy atom. The van der Waals surface area contributed by atoms with Crippen LogP contribution in [0.3, 0.4) is 0 Å². The molecule has 0 aromatic heterocycles. The van der Waals surface area contributed by atoms with Gasteiger partial charge in [0.15, 0.2) is 6.73 Å². The van der Waals surface area contributed by atoms with Crippen LogP contribution in [-0.2, 0) is 0 Å². The van der Waals surface area contributed by atoms with Crippen LogP contribution in [0.15, 0.2) is 42.5 Å². The third kappa shape index (κ3) is 4.86. The van der Waals surface area contributed by atoms with Crippen molar-refractivity contribution < 1.29 is 14.5 Å². The zero-order valence-corrected chi connectivity index (χ0v) is 13.0. The first-order valence-corrected chi connectivity index (χ1v) is 7.02. The number of nitro groups is 1. The summed E-state index contributed by atoms with van der Waals surface area (Å²) < 4.78 is 5.35. The summed E-state index contributed by atoms with van der Waals surface area (Å²) in [5.41, 5.74) is 1.08. The van der Waals surface area contributed by atoms with E-state index in [0.717, 1.165) is 5.56 Å². The van der Waals surface area contributed by atoms with E-state index in [-0.39, 0.29) is 23.1 Å². The van der Waals surface area contributed by atoms with E-state index >= 15 is 0 Å². The third-order valence-electron chi connectivity index (χ3n) is 2.89. The van der Waals surface area contributed by atoms with E-state index in [9.17, 15) is 14.9 Å². The quantitative estimate of drug-likeness (QED) is 0.494. The van der Waals surface area contributed by atoms with Crippen molar-refractivity contribution in [3.8, 4) is 5.75 Å². The van der Waals surface area contributed by atoms with E-state index < -0.39 is 11.0 Å². The van der Waals surface area contributed by atoms with Gasteiger partial charge in [0.05, 0.1) is 4.92 Å². The average molecular weight is 336 g/mol. The third-order valence-corrected chi connectivity index (χ3v) is 3.21. The maximum absolute atomic E-state index is 11.7. The number of urea groups is 1. The Kier molecular flexibility index (Phi) is 5.37. The highest BCUT2D eigenvalue weighted by atomic mass is 35.5. The second-order valence-corrected chi connectivity index (χ2v) is 5.06. The molecule has 0 saturated carbocycles. The number of rotatable bonds is 5. The van der Waals surface area contributed by atoms with Gasteiger partial charge in [0.1, 0.15) is 10.8 Å². The van der Waals surface area contributed by atoms with Gasteiger partial charge in [-0.2, -0.15) is 0 Å². The first-order chi connectivity index (χ1) is 11.0. The number of benzene rings is 2. The van der Waals surface area contributed by atoms with E-state index in [1.807, 2.05) is 19.1 Å². The summed E-state index contributed by atoms with van der Waals surface area (Å²) in [6, 6.07) is 10.8. The van der Waals surface area contributed by atoms with E-state index in [0.29, 0.717) is 5.75 Å². The minimum atomic E-state index is -0.619. The van der Waals surface area contributed by atoms with Crippen molar-refractivity contribution in [1.82, 2.24) is 5.32 Å². The molecule has 8 heteroatoms. The van der Waals surface area contributed by atoms with Gasteiger partial charge in [-0.25, -0.2) is 4.79 Å². The predicted octanol–water partition coefficient (Wildman–Crippen LogP) is 3.71. The molecule has 2 N–H and O–H groups in total. The maximum Gasteiger partial charge on any atom is 0.321 e. The molecule has 120 valence electrons. The zero-order valence-electron chi connectivity index (χ0n) is 12.2. The number of hydrogen-bond donors (Lipinski definition) is 2. The SMILES string of the molecule is Cc1ccc(OCNC(=O)Nc2ccc(Cl)c([N+](=O)[O-])c2)cc1. The van der Waals surface area contributed by atoms with Crippen LogP contribution >= 0.6 is 11.6 Å². The minimum Gasteiger partial charge on any atom is -0.473 e. The molecule has 2 aromatic rings. The molecular formula is C15H14ClN3O4. The van der Waals surface area contributed by atoms with E-state index in [2.05, 4.69) is 10.6 Å². The first-order valence-electron chi connectivity index (χ1n) is 6.64. The first kappa shape index (κ1) is 16.6. The Balaban J connectivity index is 1.86. The lowest BCUT2D eigenvalue weighted by molar-refractivity contribution is -0.384. The number of carbonyl (C=O) groups is 1. The molecule has 0 fully saturated rings. The summed E-state index contributed by atoms with van der Waals surface area (Å²) in [5.74, 6) is 0.623. The molecule has 2 rings (SSSR count). The van der Waals surface area contributed by atoms with Crippen LogP contribution in [0.1, 0.15) is 5.56 Å². The van der Waals surface area contributed by atoms with E-state index in [1.165, 1.54) is 18.2 Å². The number of anilines is 1. The van der Waals surface area contributed by atoms with Crippen molar-refractivity contribution in [2.45, 2.75) is 6.92 Å². The minimum absolute atomic E-state index is 0.00339. The van der Waals surface area contributed by atoms with Gasteiger partial charge < -0.3 is 15.4 Å². The lowest BCUT2D eigenvalue weighted by atomic mass is 10.2. The fourth-order valence-electron chi connectivity index (χ4n) is 1.73. The molecule has 2 aromatic carbocycles. The fourth-order valence-corrected chi connectivity index (χ4v) is 1.91. The van der Waals surface area contributed by atoms with Gasteiger partial charge in [-0.1, -0.05) is 29.3 Å². The molecule has 0 aliphatic carbocycles. The second kappa shape index (κ2) is 7.46. The molecule has 2 amide bonds. The van der Waals surface area contributed by atoms with Gasteiger partial charge in [0.2, 0.25) is 0 Å². The number of hydrogen-bond acceptors (Lipinski definition) is 4. The molecule has 0 unspecified atom stereocenters. The molecule has 23 heavy (non-hydrogen) atoms. The van der Waals surface area contributed by atoms with Crippen molar-refractivity contribution >= 4 is 29.0 Å². The van der Waals surface area contributed by atoms with Crippen LogP contribution in [0.4, 0.5) is 16.2 Å². The number of halogens is 1. The Morgan fingerprint density at radius 3 is 2.61 bits per heavy atom. The molecular weight excluding hydrogens is 322 g/mol. The van der Waals surface area contributed by atoms with Gasteiger partial charge >= 0.3 is 6.03 Å². The van der Waals surface area contributed by atoms with Crippen LogP contribution in [0.25, 0.3) is 0 Å². The maximum atomic E-state index is 11.7. The molecule has 7 nitrogen and oxygen atoms in total. The van der Waals surface area contributed by atoms with Gasteiger partial charge in [-0.3, -0.25) is 10.1 Å². The molecule has 0 aliphatic heterocycles. The highest BCUT2D eigenvalue weighted by Crippen LogP contribution is 2.27. The molecule has 0 radical (unpaired) electrons. The van der Waals surface area contributed by atoms with Crippen molar-refractivity contribution in [3.05, 3.63) is 63.2 Å². The van der Waals surface area contributed by atoms with Crippen LogP contribution < -0.4 is 15.4 Å². The second-order valence-electron chi connectivity index (χ2n) is 4.66. The van der Waals surface area contributed by atoms with Gasteiger partial charge in [-0.15, -0.1) is 0 Å². The summed E-state index contributed by atoms with van der Waals surface area (Å²) in [4.78, 5) is 21.9. The van der Waals surface area contributed by atoms with Gasteiger partial charge in [-0.05, 0) is 31.2 Å². The lowest BCUT2D eigenvalue weighted by Gasteiger charge is -2.09. The molecule has 0 saturated heterocycles. The summed E-state index contributed by atoms with van der Waals surface area (Å²) in [6.45, 7) is 1.92. The zero-order chi connectivity index (χ0) is 16.8. The Hall–Kier alpha value is -2.80. The topological polar surface area (TPSA) is 93.5 Å². The normalized spacial score (nSPS) is 10.0. The van der Waals surface area contributed by atoms with Crippen molar-refractivity contribution in [1.29, 1.82) is 0 Å². The van der Waals surface area contributed by atoms with Crippen LogP contribution in [0.5, 0.6) is 5.75 Å². The Bertz CT molecular complexity index is 719. The number of ether oxygens (including phenoxy) is 1. The van der Waals surface area contributed by atoms with Crippen LogP contribution in [0.2, 0.25) is 5.02 Å². The summed E-state index contributed by atoms with van der Waals surface area (Å²) >= 11 is 5.70. The number of nitrogens with zero attached hydrogens (tertiary/aromatic N) is 1. The fraction of sp³-hybridized carbons (Fsp3) is 0.133. The van der Waals surface area contributed by atoms with E-state index in [1.54, 1.807) is 12.1 Å². The van der Waals surface area contributed by atoms with Gasteiger partial charge in [0.25, 0.3) is 5.69 Å². The molecule has 0 bridgehead atoms. The molecule has 0 aliphatic rings. The van der Waals surface area contributed by atoms with Gasteiger partial charge in [0, 0.05) is 11.8 Å². The average Bonchev–Trinajstić information content (AvgIpc) is 2.51. The van der Waals surface area contributed by atoms with Crippen molar-refractivity contribution in [3.63, 3.8) is 0 Å². The highest BCUT2D eigenvalue weighted by molar-refractivity contribution is 6.32. The molecule has 0 spiro atoms. The number of amides is 2. The largest absolute Gasteiger partial charge is 0.473 e. The summed E-state index contributed by atoms with van der Waals surface area (Å²) in [6.07, 6.45) is 0. The Labute approximate surface area is 137 Å². The standard InChI is InChI=1S/C15H14ClN3O4/c1-10-2-5-12(6-3-10)23-9-17-15(20)18-11-4-7-13(16)14(8-11)19(21)22/h2-8H,9H2,1H3,(H2,17,18,20). The summed E-state index contributed by atoms with van der Waals surface area (Å²) in [5, 5.41) is 15.7. The number of nitrogens with one attached hydrogen (secondary N) is 2. The Morgan fingerprint density at radius 1 is 1.26 bits per heavy atom. The highest BCUT2D eigenvalue weighted by Gasteiger charge is 2.13. The number of carbonyl (C=O) groups excluding carboxylic acids is 1. The summed E-state index contributed by atoms with van der Waals surface area (Å²) in [7, 11) is 0. The molecule has 0 atom stereocenters. The van der Waals surface area contributed by atoms with E-state index in [4.69, 9.17) is 16.3 Å². The monoisotopic (exact) mass is 335 g/mol.